The van der Waals surface area contributed by atoms with E-state index in [1.54, 1.807) is 12.3 Å². The molecule has 2 rings (SSSR count). The fourth-order valence-electron chi connectivity index (χ4n) is 2.46. The van der Waals surface area contributed by atoms with Gasteiger partial charge in [-0.1, -0.05) is 0 Å². The maximum Gasteiger partial charge on any atom is 0.310 e. The minimum absolute atomic E-state index is 0. The lowest BCUT2D eigenvalue weighted by atomic mass is 9.90. The molecular formula is C12H20N4O2. The number of rotatable bonds is 2. The van der Waals surface area contributed by atoms with Gasteiger partial charge in [0, 0.05) is 18.3 Å². The molecule has 0 atom stereocenters. The Kier molecular flexibility index (Phi) is 4.24. The van der Waals surface area contributed by atoms with Crippen molar-refractivity contribution in [3.63, 3.8) is 0 Å². The van der Waals surface area contributed by atoms with E-state index in [1.807, 2.05) is 0 Å². The quantitative estimate of drug-likeness (QED) is 0.645. The van der Waals surface area contributed by atoms with Crippen molar-refractivity contribution in [2.75, 3.05) is 11.4 Å². The van der Waals surface area contributed by atoms with Gasteiger partial charge in [-0.05, 0) is 39.2 Å². The minimum Gasteiger partial charge on any atom is -0.361 e. The Hall–Kier alpha value is -1.69. The molecule has 0 aliphatic carbocycles. The van der Waals surface area contributed by atoms with Crippen LogP contribution >= 0.6 is 0 Å². The van der Waals surface area contributed by atoms with Crippen molar-refractivity contribution in [3.05, 3.63) is 28.6 Å². The van der Waals surface area contributed by atoms with Crippen LogP contribution in [0.3, 0.4) is 0 Å². The first-order chi connectivity index (χ1) is 8.02. The monoisotopic (exact) mass is 252 g/mol. The third-order valence-electron chi connectivity index (χ3n) is 3.42. The van der Waals surface area contributed by atoms with Crippen molar-refractivity contribution in [1.82, 2.24) is 11.1 Å². The van der Waals surface area contributed by atoms with Gasteiger partial charge in [-0.3, -0.25) is 15.1 Å². The Morgan fingerprint density at radius 3 is 2.78 bits per heavy atom. The molecule has 3 N–H and O–H groups in total. The maximum absolute atomic E-state index is 11.0. The molecule has 1 aromatic rings. The number of aromatic nitrogens is 1. The molecule has 1 aromatic heterocycles. The van der Waals surface area contributed by atoms with Crippen LogP contribution in [0.1, 0.15) is 33.1 Å². The molecule has 1 aliphatic rings. The summed E-state index contributed by atoms with van der Waals surface area (Å²) in [5, 5.41) is 11.0. The van der Waals surface area contributed by atoms with E-state index in [4.69, 9.17) is 0 Å². The fraction of sp³-hybridized carbons (Fsp3) is 0.583. The SMILES string of the molecule is CC1(C)CCCCN1c1ccncc1[N+](=O)[O-].N. The minimum atomic E-state index is -0.354. The van der Waals surface area contributed by atoms with Crippen LogP contribution in [0.5, 0.6) is 0 Å². The van der Waals surface area contributed by atoms with Crippen LogP contribution in [0, 0.1) is 10.1 Å². The van der Waals surface area contributed by atoms with E-state index in [2.05, 4.69) is 23.7 Å². The van der Waals surface area contributed by atoms with Crippen LogP contribution < -0.4 is 11.1 Å². The van der Waals surface area contributed by atoms with Gasteiger partial charge in [-0.25, -0.2) is 0 Å². The van der Waals surface area contributed by atoms with Crippen LogP contribution in [0.4, 0.5) is 11.4 Å². The molecule has 1 aliphatic heterocycles. The number of piperidine rings is 1. The Balaban J connectivity index is 0.00000162. The zero-order chi connectivity index (χ0) is 12.5. The van der Waals surface area contributed by atoms with Gasteiger partial charge < -0.3 is 11.1 Å². The molecule has 0 radical (unpaired) electrons. The van der Waals surface area contributed by atoms with Crippen molar-refractivity contribution in [2.24, 2.45) is 0 Å². The van der Waals surface area contributed by atoms with Crippen molar-refractivity contribution in [3.8, 4) is 0 Å². The third kappa shape index (κ3) is 2.59. The van der Waals surface area contributed by atoms with Crippen LogP contribution in [0.15, 0.2) is 18.5 Å². The average Bonchev–Trinajstić information content (AvgIpc) is 2.28. The fourth-order valence-corrected chi connectivity index (χ4v) is 2.46. The molecule has 100 valence electrons. The highest BCUT2D eigenvalue weighted by atomic mass is 16.6. The molecule has 0 saturated carbocycles. The lowest BCUT2D eigenvalue weighted by Gasteiger charge is -2.43. The maximum atomic E-state index is 11.0. The van der Waals surface area contributed by atoms with Gasteiger partial charge in [-0.15, -0.1) is 0 Å². The second-order valence-electron chi connectivity index (χ2n) is 5.04. The van der Waals surface area contributed by atoms with Crippen molar-refractivity contribution < 1.29 is 4.92 Å². The molecule has 6 nitrogen and oxygen atoms in total. The summed E-state index contributed by atoms with van der Waals surface area (Å²) < 4.78 is 0. The molecule has 1 saturated heterocycles. The zero-order valence-corrected chi connectivity index (χ0v) is 10.9. The number of pyridine rings is 1. The number of hydrogen-bond acceptors (Lipinski definition) is 5. The van der Waals surface area contributed by atoms with Gasteiger partial charge in [0.05, 0.1) is 4.92 Å². The largest absolute Gasteiger partial charge is 0.361 e. The molecule has 0 unspecified atom stereocenters. The molecule has 1 fully saturated rings. The molecule has 0 spiro atoms. The van der Waals surface area contributed by atoms with Crippen LogP contribution in [-0.4, -0.2) is 22.0 Å². The summed E-state index contributed by atoms with van der Waals surface area (Å²) in [6.45, 7) is 5.14. The number of hydrogen-bond donors (Lipinski definition) is 1. The second-order valence-corrected chi connectivity index (χ2v) is 5.04. The first-order valence-electron chi connectivity index (χ1n) is 5.88. The molecule has 2 heterocycles. The normalized spacial score (nSPS) is 18.0. The van der Waals surface area contributed by atoms with Crippen LogP contribution in [-0.2, 0) is 0 Å². The smallest absolute Gasteiger partial charge is 0.310 e. The number of anilines is 1. The summed E-state index contributed by atoms with van der Waals surface area (Å²) in [5.74, 6) is 0. The van der Waals surface area contributed by atoms with E-state index in [1.165, 1.54) is 12.6 Å². The van der Waals surface area contributed by atoms with Gasteiger partial charge >= 0.3 is 5.69 Å². The van der Waals surface area contributed by atoms with Gasteiger partial charge in [0.2, 0.25) is 0 Å². The van der Waals surface area contributed by atoms with E-state index in [0.29, 0.717) is 5.69 Å². The summed E-state index contributed by atoms with van der Waals surface area (Å²) in [7, 11) is 0. The van der Waals surface area contributed by atoms with Gasteiger partial charge in [0.15, 0.2) is 0 Å². The van der Waals surface area contributed by atoms with E-state index in [9.17, 15) is 10.1 Å². The Morgan fingerprint density at radius 1 is 1.44 bits per heavy atom. The number of nitro groups is 1. The summed E-state index contributed by atoms with van der Waals surface area (Å²) in [6.07, 6.45) is 6.28. The first-order valence-corrected chi connectivity index (χ1v) is 5.88. The average molecular weight is 252 g/mol. The van der Waals surface area contributed by atoms with E-state index in [0.717, 1.165) is 19.4 Å². The van der Waals surface area contributed by atoms with E-state index in [-0.39, 0.29) is 22.3 Å². The van der Waals surface area contributed by atoms with Crippen molar-refractivity contribution in [1.29, 1.82) is 0 Å². The molecular weight excluding hydrogens is 232 g/mol. The standard InChI is InChI=1S/C12H17N3O2.H3N/c1-12(2)6-3-4-8-14(12)10-5-7-13-9-11(10)15(16)17;/h5,7,9H,3-4,6,8H2,1-2H3;1H3. The zero-order valence-electron chi connectivity index (χ0n) is 10.9. The van der Waals surface area contributed by atoms with Gasteiger partial charge in [-0.2, -0.15) is 0 Å². The number of nitrogens with zero attached hydrogens (tertiary/aromatic N) is 3. The molecule has 18 heavy (non-hydrogen) atoms. The van der Waals surface area contributed by atoms with Gasteiger partial charge in [0.25, 0.3) is 0 Å². The summed E-state index contributed by atoms with van der Waals surface area (Å²) in [5.41, 5.74) is 0.766. The van der Waals surface area contributed by atoms with Crippen LogP contribution in [0.25, 0.3) is 0 Å². The topological polar surface area (TPSA) is 94.3 Å². The third-order valence-corrected chi connectivity index (χ3v) is 3.42. The highest BCUT2D eigenvalue weighted by molar-refractivity contribution is 5.63. The molecule has 0 amide bonds. The van der Waals surface area contributed by atoms with E-state index < -0.39 is 0 Å². The summed E-state index contributed by atoms with van der Waals surface area (Å²) >= 11 is 0. The van der Waals surface area contributed by atoms with Crippen molar-refractivity contribution >= 4 is 11.4 Å². The van der Waals surface area contributed by atoms with E-state index >= 15 is 0 Å². The first kappa shape index (κ1) is 14.4. The highest BCUT2D eigenvalue weighted by Crippen LogP contribution is 2.36. The molecule has 6 heteroatoms. The second kappa shape index (κ2) is 5.30. The van der Waals surface area contributed by atoms with Crippen molar-refractivity contribution in [2.45, 2.75) is 38.6 Å². The van der Waals surface area contributed by atoms with Crippen LogP contribution in [0.2, 0.25) is 0 Å². The lowest BCUT2D eigenvalue weighted by molar-refractivity contribution is -0.384. The predicted molar refractivity (Wildman–Crippen MR) is 71.2 cm³/mol. The summed E-state index contributed by atoms with van der Waals surface area (Å²) in [4.78, 5) is 16.6. The van der Waals surface area contributed by atoms with Gasteiger partial charge in [0.1, 0.15) is 11.9 Å². The molecule has 0 aromatic carbocycles. The Bertz CT molecular complexity index is 434. The molecule has 0 bridgehead atoms. The lowest BCUT2D eigenvalue weighted by Crippen LogP contribution is -2.47. The Labute approximate surface area is 107 Å². The summed E-state index contributed by atoms with van der Waals surface area (Å²) in [6, 6.07) is 1.74. The predicted octanol–water partition coefficient (Wildman–Crippen LogP) is 2.92. The highest BCUT2D eigenvalue weighted by Gasteiger charge is 2.33. The Morgan fingerprint density at radius 2 is 2.17 bits per heavy atom.